The van der Waals surface area contributed by atoms with Crippen LogP contribution in [-0.2, 0) is 4.74 Å². The fraction of sp³-hybridized carbons (Fsp3) is 1.00. The van der Waals surface area contributed by atoms with Crippen LogP contribution in [0.25, 0.3) is 0 Å². The molecule has 0 bridgehead atoms. The van der Waals surface area contributed by atoms with Gasteiger partial charge in [-0.2, -0.15) is 0 Å². The topological polar surface area (TPSA) is 29.5 Å². The summed E-state index contributed by atoms with van der Waals surface area (Å²) >= 11 is 0. The van der Waals surface area contributed by atoms with Crippen molar-refractivity contribution in [2.75, 3.05) is 13.2 Å². The first-order chi connectivity index (χ1) is 7.30. The molecule has 1 saturated heterocycles. The van der Waals surface area contributed by atoms with Crippen LogP contribution in [0.5, 0.6) is 0 Å². The highest BCUT2D eigenvalue weighted by Crippen LogP contribution is 2.43. The maximum absolute atomic E-state index is 9.46. The van der Waals surface area contributed by atoms with Crippen molar-refractivity contribution in [3.63, 3.8) is 0 Å². The lowest BCUT2D eigenvalue weighted by atomic mass is 9.71. The van der Waals surface area contributed by atoms with E-state index >= 15 is 0 Å². The Morgan fingerprint density at radius 2 is 2.00 bits per heavy atom. The van der Waals surface area contributed by atoms with E-state index in [0.29, 0.717) is 12.7 Å². The molecule has 1 aliphatic heterocycles. The molecule has 1 N–H and O–H groups in total. The second-order valence-corrected chi connectivity index (χ2v) is 5.41. The highest BCUT2D eigenvalue weighted by molar-refractivity contribution is 4.94. The van der Waals surface area contributed by atoms with Gasteiger partial charge in [0.05, 0.1) is 19.3 Å². The molecule has 1 saturated carbocycles. The van der Waals surface area contributed by atoms with Crippen molar-refractivity contribution >= 4 is 0 Å². The second kappa shape index (κ2) is 4.84. The van der Waals surface area contributed by atoms with E-state index in [-0.39, 0.29) is 5.41 Å². The fourth-order valence-electron chi connectivity index (χ4n) is 3.07. The van der Waals surface area contributed by atoms with Gasteiger partial charge in [-0.1, -0.05) is 39.0 Å². The molecule has 0 radical (unpaired) electrons. The van der Waals surface area contributed by atoms with Gasteiger partial charge in [0, 0.05) is 5.41 Å². The highest BCUT2D eigenvalue weighted by atomic mass is 16.5. The van der Waals surface area contributed by atoms with Gasteiger partial charge >= 0.3 is 0 Å². The predicted molar refractivity (Wildman–Crippen MR) is 60.7 cm³/mol. The molecule has 2 fully saturated rings. The number of aliphatic hydroxyl groups is 1. The number of hydrogen-bond donors (Lipinski definition) is 1. The highest BCUT2D eigenvalue weighted by Gasteiger charge is 2.47. The summed E-state index contributed by atoms with van der Waals surface area (Å²) in [5, 5.41) is 9.46. The Morgan fingerprint density at radius 1 is 1.27 bits per heavy atom. The molecule has 0 aromatic carbocycles. The first-order valence-electron chi connectivity index (χ1n) is 6.53. The van der Waals surface area contributed by atoms with Gasteiger partial charge in [-0.25, -0.2) is 0 Å². The summed E-state index contributed by atoms with van der Waals surface area (Å²) < 4.78 is 5.67. The Morgan fingerprint density at radius 3 is 2.47 bits per heavy atom. The molecule has 0 aromatic heterocycles. The Bertz CT molecular complexity index is 187. The van der Waals surface area contributed by atoms with Crippen LogP contribution in [0.4, 0.5) is 0 Å². The zero-order chi connectivity index (χ0) is 10.7. The number of hydrogen-bond acceptors (Lipinski definition) is 2. The maximum atomic E-state index is 9.46. The van der Waals surface area contributed by atoms with Crippen molar-refractivity contribution in [2.45, 2.75) is 58.0 Å². The lowest BCUT2D eigenvalue weighted by Gasteiger charge is -2.49. The summed E-state index contributed by atoms with van der Waals surface area (Å²) in [6.45, 7) is 3.25. The van der Waals surface area contributed by atoms with E-state index in [2.05, 4.69) is 6.92 Å². The summed E-state index contributed by atoms with van der Waals surface area (Å²) in [5.41, 5.74) is 0.109. The molecular formula is C13H24O2. The Hall–Kier alpha value is -0.0800. The third-order valence-corrected chi connectivity index (χ3v) is 4.55. The number of ether oxygens (including phenoxy) is 1. The second-order valence-electron chi connectivity index (χ2n) is 5.41. The van der Waals surface area contributed by atoms with Gasteiger partial charge < -0.3 is 9.84 Å². The molecule has 2 rings (SSSR count). The van der Waals surface area contributed by atoms with Crippen molar-refractivity contribution in [3.05, 3.63) is 0 Å². The average Bonchev–Trinajstić information content (AvgIpc) is 2.28. The summed E-state index contributed by atoms with van der Waals surface area (Å²) in [7, 11) is 0. The van der Waals surface area contributed by atoms with E-state index in [0.717, 1.165) is 18.9 Å². The molecule has 2 nitrogen and oxygen atoms in total. The van der Waals surface area contributed by atoms with Gasteiger partial charge in [0.25, 0.3) is 0 Å². The van der Waals surface area contributed by atoms with Crippen molar-refractivity contribution in [1.82, 2.24) is 0 Å². The first kappa shape index (κ1) is 11.4. The molecule has 2 aliphatic rings. The Labute approximate surface area is 93.0 Å². The van der Waals surface area contributed by atoms with Crippen LogP contribution in [0.15, 0.2) is 0 Å². The van der Waals surface area contributed by atoms with Crippen LogP contribution < -0.4 is 0 Å². The SMILES string of the molecule is CCC1(CO)COC1CC1CCCCC1. The third-order valence-electron chi connectivity index (χ3n) is 4.55. The Kier molecular flexibility index (Phi) is 3.68. The van der Waals surface area contributed by atoms with Gasteiger partial charge in [-0.15, -0.1) is 0 Å². The van der Waals surface area contributed by atoms with Gasteiger partial charge in [0.2, 0.25) is 0 Å². The third kappa shape index (κ3) is 2.21. The van der Waals surface area contributed by atoms with Crippen LogP contribution in [-0.4, -0.2) is 24.4 Å². The van der Waals surface area contributed by atoms with E-state index in [1.54, 1.807) is 0 Å². The van der Waals surface area contributed by atoms with Crippen LogP contribution in [0, 0.1) is 11.3 Å². The summed E-state index contributed by atoms with van der Waals surface area (Å²) in [4.78, 5) is 0. The summed E-state index contributed by atoms with van der Waals surface area (Å²) in [6, 6.07) is 0. The largest absolute Gasteiger partial charge is 0.396 e. The quantitative estimate of drug-likeness (QED) is 0.776. The van der Waals surface area contributed by atoms with Crippen LogP contribution in [0.1, 0.15) is 51.9 Å². The van der Waals surface area contributed by atoms with E-state index in [1.807, 2.05) is 0 Å². The van der Waals surface area contributed by atoms with Gasteiger partial charge in [0.15, 0.2) is 0 Å². The molecule has 1 aliphatic carbocycles. The zero-order valence-corrected chi connectivity index (χ0v) is 9.87. The molecular weight excluding hydrogens is 188 g/mol. The minimum Gasteiger partial charge on any atom is -0.396 e. The van der Waals surface area contributed by atoms with Crippen LogP contribution in [0.2, 0.25) is 0 Å². The van der Waals surface area contributed by atoms with Crippen molar-refractivity contribution in [1.29, 1.82) is 0 Å². The fourth-order valence-corrected chi connectivity index (χ4v) is 3.07. The molecule has 1 heterocycles. The molecule has 88 valence electrons. The predicted octanol–water partition coefficient (Wildman–Crippen LogP) is 2.74. The number of aliphatic hydroxyl groups excluding tert-OH is 1. The number of rotatable bonds is 4. The van der Waals surface area contributed by atoms with E-state index in [4.69, 9.17) is 4.74 Å². The van der Waals surface area contributed by atoms with Gasteiger partial charge in [-0.05, 0) is 18.8 Å². The first-order valence-corrected chi connectivity index (χ1v) is 6.53. The molecule has 0 aromatic rings. The lowest BCUT2D eigenvalue weighted by molar-refractivity contribution is -0.213. The lowest BCUT2D eigenvalue weighted by Crippen LogP contribution is -2.54. The Balaban J connectivity index is 1.83. The van der Waals surface area contributed by atoms with E-state index in [9.17, 15) is 5.11 Å². The summed E-state index contributed by atoms with van der Waals surface area (Å²) in [6.07, 6.45) is 9.56. The van der Waals surface area contributed by atoms with Gasteiger partial charge in [-0.3, -0.25) is 0 Å². The minimum atomic E-state index is 0.109. The van der Waals surface area contributed by atoms with Crippen LogP contribution in [0.3, 0.4) is 0 Å². The van der Waals surface area contributed by atoms with Crippen molar-refractivity contribution in [3.8, 4) is 0 Å². The van der Waals surface area contributed by atoms with E-state index in [1.165, 1.54) is 38.5 Å². The molecule has 15 heavy (non-hydrogen) atoms. The van der Waals surface area contributed by atoms with Crippen molar-refractivity contribution in [2.24, 2.45) is 11.3 Å². The van der Waals surface area contributed by atoms with E-state index < -0.39 is 0 Å². The molecule has 2 atom stereocenters. The maximum Gasteiger partial charge on any atom is 0.0678 e. The van der Waals surface area contributed by atoms with Crippen LogP contribution >= 0.6 is 0 Å². The monoisotopic (exact) mass is 212 g/mol. The smallest absolute Gasteiger partial charge is 0.0678 e. The summed E-state index contributed by atoms with van der Waals surface area (Å²) in [5.74, 6) is 0.863. The molecule has 0 amide bonds. The molecule has 2 unspecified atom stereocenters. The molecule has 2 heteroatoms. The minimum absolute atomic E-state index is 0.109. The normalized spacial score (nSPS) is 37.6. The standard InChI is InChI=1S/C13H24O2/c1-2-13(9-14)10-15-12(13)8-11-6-4-3-5-7-11/h11-12,14H,2-10H2,1H3. The zero-order valence-electron chi connectivity index (χ0n) is 9.87. The van der Waals surface area contributed by atoms with Crippen molar-refractivity contribution < 1.29 is 9.84 Å². The molecule has 0 spiro atoms. The van der Waals surface area contributed by atoms with Gasteiger partial charge in [0.1, 0.15) is 0 Å². The average molecular weight is 212 g/mol.